The van der Waals surface area contributed by atoms with E-state index in [-0.39, 0.29) is 5.69 Å². The van der Waals surface area contributed by atoms with Gasteiger partial charge in [-0.1, -0.05) is 0 Å². The van der Waals surface area contributed by atoms with Crippen LogP contribution in [0.25, 0.3) is 0 Å². The molecule has 1 rings (SSSR count). The quantitative estimate of drug-likeness (QED) is 0.434. The smallest absolute Gasteiger partial charge is 0.258 e. The maximum atomic E-state index is 10.2. The van der Waals surface area contributed by atoms with Crippen molar-refractivity contribution in [2.24, 2.45) is 0 Å². The zero-order valence-electron chi connectivity index (χ0n) is 5.44. The monoisotopic (exact) mass is 138 g/mol. The Labute approximate surface area is 57.7 Å². The Morgan fingerprint density at radius 2 is 2.40 bits per heavy atom. The summed E-state index contributed by atoms with van der Waals surface area (Å²) in [6.45, 7) is 1.68. The fraction of sp³-hybridized carbons (Fsp3) is 0.167. The second-order valence-electron chi connectivity index (χ2n) is 1.92. The third-order valence-corrected chi connectivity index (χ3v) is 1.21. The van der Waals surface area contributed by atoms with Crippen LogP contribution in [-0.2, 0) is 0 Å². The van der Waals surface area contributed by atoms with Crippen molar-refractivity contribution in [1.82, 2.24) is 4.98 Å². The molecule has 4 heteroatoms. The highest BCUT2D eigenvalue weighted by Crippen LogP contribution is 2.13. The van der Waals surface area contributed by atoms with Crippen molar-refractivity contribution in [2.75, 3.05) is 0 Å². The predicted molar refractivity (Wildman–Crippen MR) is 35.6 cm³/mol. The third-order valence-electron chi connectivity index (χ3n) is 1.21. The highest BCUT2D eigenvalue weighted by Gasteiger charge is 2.07. The van der Waals surface area contributed by atoms with Crippen LogP contribution >= 0.6 is 0 Å². The molecule has 0 unspecified atom stereocenters. The van der Waals surface area contributed by atoms with Gasteiger partial charge < -0.3 is 0 Å². The van der Waals surface area contributed by atoms with E-state index in [1.54, 1.807) is 13.0 Å². The lowest BCUT2D eigenvalue weighted by molar-refractivity contribution is -0.385. The van der Waals surface area contributed by atoms with Gasteiger partial charge in [0.25, 0.3) is 5.69 Å². The van der Waals surface area contributed by atoms with E-state index in [1.165, 1.54) is 12.4 Å². The molecule has 0 fully saturated rings. The minimum Gasteiger partial charge on any atom is -0.258 e. The highest BCUT2D eigenvalue weighted by molar-refractivity contribution is 5.34. The minimum atomic E-state index is -0.442. The molecule has 1 heterocycles. The summed E-state index contributed by atoms with van der Waals surface area (Å²) in [5, 5.41) is 10.2. The van der Waals surface area contributed by atoms with Crippen molar-refractivity contribution in [3.8, 4) is 0 Å². The van der Waals surface area contributed by atoms with Crippen LogP contribution in [0, 0.1) is 17.0 Å². The van der Waals surface area contributed by atoms with Gasteiger partial charge in [-0.25, -0.2) is 0 Å². The number of rotatable bonds is 1. The van der Waals surface area contributed by atoms with Gasteiger partial charge in [-0.05, 0) is 13.0 Å². The van der Waals surface area contributed by atoms with Crippen LogP contribution in [-0.4, -0.2) is 9.91 Å². The molecule has 0 aliphatic rings. The van der Waals surface area contributed by atoms with Crippen molar-refractivity contribution in [1.29, 1.82) is 0 Å². The Bertz CT molecular complexity index is 260. The molecular formula is C6H6N2O2. The molecule has 4 nitrogen and oxygen atoms in total. The normalized spacial score (nSPS) is 9.30. The molecule has 0 N–H and O–H groups in total. The first-order valence-electron chi connectivity index (χ1n) is 2.77. The lowest BCUT2D eigenvalue weighted by Gasteiger charge is -1.91. The van der Waals surface area contributed by atoms with Gasteiger partial charge in [0.1, 0.15) is 6.20 Å². The van der Waals surface area contributed by atoms with E-state index >= 15 is 0 Å². The summed E-state index contributed by atoms with van der Waals surface area (Å²) in [4.78, 5) is 13.4. The fourth-order valence-corrected chi connectivity index (χ4v) is 0.647. The number of aryl methyl sites for hydroxylation is 1. The SMILES string of the molecule is Cc1ccncc1[N+](=O)[O-]. The van der Waals surface area contributed by atoms with Crippen LogP contribution in [0.15, 0.2) is 18.5 Å². The van der Waals surface area contributed by atoms with E-state index < -0.39 is 4.92 Å². The van der Waals surface area contributed by atoms with Gasteiger partial charge in [0.15, 0.2) is 0 Å². The minimum absolute atomic E-state index is 0.0718. The van der Waals surface area contributed by atoms with Gasteiger partial charge in [0.2, 0.25) is 0 Å². The maximum absolute atomic E-state index is 10.2. The Hall–Kier alpha value is -1.45. The van der Waals surface area contributed by atoms with Gasteiger partial charge in [-0.15, -0.1) is 0 Å². The Morgan fingerprint density at radius 1 is 1.70 bits per heavy atom. The molecule has 0 atom stereocenters. The molecule has 1 aromatic heterocycles. The zero-order valence-corrected chi connectivity index (χ0v) is 5.44. The standard InChI is InChI=1S/C6H6N2O2/c1-5-2-3-7-4-6(5)8(9)10/h2-4H,1H3. The topological polar surface area (TPSA) is 56.0 Å². The van der Waals surface area contributed by atoms with E-state index in [0.717, 1.165) is 0 Å². The molecule has 0 amide bonds. The van der Waals surface area contributed by atoms with Crippen molar-refractivity contribution < 1.29 is 4.92 Å². The summed E-state index contributed by atoms with van der Waals surface area (Å²) >= 11 is 0. The van der Waals surface area contributed by atoms with E-state index in [0.29, 0.717) is 5.56 Å². The molecule has 0 bridgehead atoms. The van der Waals surface area contributed by atoms with Gasteiger partial charge in [0.05, 0.1) is 4.92 Å². The summed E-state index contributed by atoms with van der Waals surface area (Å²) in [7, 11) is 0. The van der Waals surface area contributed by atoms with Crippen LogP contribution in [0.2, 0.25) is 0 Å². The number of nitro groups is 1. The number of aromatic nitrogens is 1. The maximum Gasteiger partial charge on any atom is 0.290 e. The molecular weight excluding hydrogens is 132 g/mol. The number of hydrogen-bond acceptors (Lipinski definition) is 3. The van der Waals surface area contributed by atoms with Gasteiger partial charge in [-0.2, -0.15) is 0 Å². The number of nitrogens with zero attached hydrogens (tertiary/aromatic N) is 2. The van der Waals surface area contributed by atoms with E-state index in [4.69, 9.17) is 0 Å². The Balaban J connectivity index is 3.15. The van der Waals surface area contributed by atoms with E-state index in [1.807, 2.05) is 0 Å². The predicted octanol–water partition coefficient (Wildman–Crippen LogP) is 1.30. The molecule has 0 saturated heterocycles. The molecule has 0 aromatic carbocycles. The molecule has 0 radical (unpaired) electrons. The van der Waals surface area contributed by atoms with E-state index in [9.17, 15) is 10.1 Å². The molecule has 52 valence electrons. The van der Waals surface area contributed by atoms with Gasteiger partial charge >= 0.3 is 0 Å². The molecule has 0 aliphatic carbocycles. The van der Waals surface area contributed by atoms with Crippen molar-refractivity contribution in [3.63, 3.8) is 0 Å². The summed E-state index contributed by atoms with van der Waals surface area (Å²) in [6.07, 6.45) is 2.78. The molecule has 0 spiro atoms. The lowest BCUT2D eigenvalue weighted by atomic mass is 10.3. The van der Waals surface area contributed by atoms with Crippen LogP contribution in [0.3, 0.4) is 0 Å². The molecule has 10 heavy (non-hydrogen) atoms. The average molecular weight is 138 g/mol. The third kappa shape index (κ3) is 1.10. The zero-order chi connectivity index (χ0) is 7.56. The first-order valence-corrected chi connectivity index (χ1v) is 2.77. The Morgan fingerprint density at radius 3 is 2.80 bits per heavy atom. The first kappa shape index (κ1) is 6.67. The average Bonchev–Trinajstić information content (AvgIpc) is 1.88. The van der Waals surface area contributed by atoms with E-state index in [2.05, 4.69) is 4.98 Å². The van der Waals surface area contributed by atoms with Crippen LogP contribution in [0.4, 0.5) is 5.69 Å². The summed E-state index contributed by atoms with van der Waals surface area (Å²) < 4.78 is 0. The molecule has 0 aliphatic heterocycles. The molecule has 0 saturated carbocycles. The van der Waals surface area contributed by atoms with Crippen LogP contribution < -0.4 is 0 Å². The second kappa shape index (κ2) is 2.43. The number of pyridine rings is 1. The summed E-state index contributed by atoms with van der Waals surface area (Å²) in [5.41, 5.74) is 0.711. The van der Waals surface area contributed by atoms with Crippen molar-refractivity contribution >= 4 is 5.69 Å². The largest absolute Gasteiger partial charge is 0.290 e. The lowest BCUT2D eigenvalue weighted by Crippen LogP contribution is -1.91. The molecule has 1 aromatic rings. The highest BCUT2D eigenvalue weighted by atomic mass is 16.6. The van der Waals surface area contributed by atoms with Crippen molar-refractivity contribution in [2.45, 2.75) is 6.92 Å². The summed E-state index contributed by atoms with van der Waals surface area (Å²) in [6, 6.07) is 1.61. The van der Waals surface area contributed by atoms with Gasteiger partial charge in [0, 0.05) is 11.8 Å². The van der Waals surface area contributed by atoms with Crippen LogP contribution in [0.5, 0.6) is 0 Å². The number of hydrogen-bond donors (Lipinski definition) is 0. The first-order chi connectivity index (χ1) is 4.72. The fourth-order valence-electron chi connectivity index (χ4n) is 0.647. The van der Waals surface area contributed by atoms with Gasteiger partial charge in [-0.3, -0.25) is 15.1 Å². The second-order valence-corrected chi connectivity index (χ2v) is 1.92. The van der Waals surface area contributed by atoms with Crippen LogP contribution in [0.1, 0.15) is 5.56 Å². The van der Waals surface area contributed by atoms with Crippen molar-refractivity contribution in [3.05, 3.63) is 34.1 Å². The Kier molecular flexibility index (Phi) is 1.62. The summed E-state index contributed by atoms with van der Waals surface area (Å²) in [5.74, 6) is 0.